The number of nitriles is 1. The fraction of sp³-hybridized carbons (Fsp3) is 0.562. The first kappa shape index (κ1) is 12.7. The predicted octanol–water partition coefficient (Wildman–Crippen LogP) is 2.31. The van der Waals surface area contributed by atoms with Gasteiger partial charge in [0, 0.05) is 12.1 Å². The maximum absolute atomic E-state index is 11.1. The summed E-state index contributed by atoms with van der Waals surface area (Å²) in [4.78, 5) is 2.42. The lowest BCUT2D eigenvalue weighted by Gasteiger charge is -2.43. The van der Waals surface area contributed by atoms with E-state index < -0.39 is 5.60 Å². The number of piperidine rings is 1. The summed E-state index contributed by atoms with van der Waals surface area (Å²) in [5, 5.41) is 20.0. The Hall–Kier alpha value is -1.37. The average molecular weight is 256 g/mol. The summed E-state index contributed by atoms with van der Waals surface area (Å²) in [5.41, 5.74) is 2.00. The molecule has 3 heteroatoms. The van der Waals surface area contributed by atoms with Crippen LogP contribution in [0.2, 0.25) is 0 Å². The largest absolute Gasteiger partial charge is 0.385 e. The molecule has 2 aliphatic rings. The Balaban J connectivity index is 1.96. The van der Waals surface area contributed by atoms with Crippen molar-refractivity contribution in [2.45, 2.75) is 50.3 Å². The second kappa shape index (κ2) is 4.33. The Morgan fingerprint density at radius 1 is 1.32 bits per heavy atom. The first-order chi connectivity index (χ1) is 9.03. The van der Waals surface area contributed by atoms with Gasteiger partial charge in [0.1, 0.15) is 0 Å². The number of nitrogens with zero attached hydrogens (tertiary/aromatic N) is 2. The van der Waals surface area contributed by atoms with Crippen LogP contribution in [0, 0.1) is 18.3 Å². The van der Waals surface area contributed by atoms with E-state index in [1.807, 2.05) is 25.1 Å². The summed E-state index contributed by atoms with van der Waals surface area (Å²) < 4.78 is 0. The smallest absolute Gasteiger partial charge is 0.0991 e. The van der Waals surface area contributed by atoms with Crippen molar-refractivity contribution in [3.63, 3.8) is 0 Å². The number of benzene rings is 1. The molecule has 1 aromatic rings. The highest BCUT2D eigenvalue weighted by molar-refractivity contribution is 5.40. The van der Waals surface area contributed by atoms with Crippen LogP contribution in [-0.2, 0) is 5.60 Å². The molecule has 1 aromatic carbocycles. The zero-order valence-corrected chi connectivity index (χ0v) is 11.6. The van der Waals surface area contributed by atoms with E-state index in [0.29, 0.717) is 17.6 Å². The van der Waals surface area contributed by atoms with Crippen molar-refractivity contribution in [2.24, 2.45) is 0 Å². The van der Waals surface area contributed by atoms with Gasteiger partial charge in [0.2, 0.25) is 0 Å². The van der Waals surface area contributed by atoms with E-state index in [1.165, 1.54) is 12.8 Å². The van der Waals surface area contributed by atoms with E-state index in [1.54, 1.807) is 0 Å². The quantitative estimate of drug-likeness (QED) is 0.838. The number of hydrogen-bond donors (Lipinski definition) is 1. The fourth-order valence-electron chi connectivity index (χ4n) is 3.92. The number of rotatable bonds is 1. The zero-order chi connectivity index (χ0) is 13.6. The highest BCUT2D eigenvalue weighted by Gasteiger charge is 2.47. The maximum Gasteiger partial charge on any atom is 0.0991 e. The number of aryl methyl sites for hydroxylation is 1. The Morgan fingerprint density at radius 2 is 1.95 bits per heavy atom. The topological polar surface area (TPSA) is 47.3 Å². The summed E-state index contributed by atoms with van der Waals surface area (Å²) in [5.74, 6) is 0. The van der Waals surface area contributed by atoms with Crippen molar-refractivity contribution in [2.75, 3.05) is 7.05 Å². The van der Waals surface area contributed by atoms with Gasteiger partial charge < -0.3 is 10.0 Å². The van der Waals surface area contributed by atoms with Crippen LogP contribution in [0.3, 0.4) is 0 Å². The van der Waals surface area contributed by atoms with Gasteiger partial charge in [-0.15, -0.1) is 0 Å². The van der Waals surface area contributed by atoms with E-state index in [-0.39, 0.29) is 0 Å². The maximum atomic E-state index is 11.1. The molecule has 0 aromatic heterocycles. The standard InChI is InChI=1S/C16H20N2O/c1-11-7-12(10-17)3-6-15(11)16(19)8-13-4-5-14(9-16)18(13)2/h3,6-7,13-14,19H,4-5,8-9H2,1-2H3. The monoisotopic (exact) mass is 256 g/mol. The first-order valence-corrected chi connectivity index (χ1v) is 6.99. The van der Waals surface area contributed by atoms with E-state index in [0.717, 1.165) is 24.0 Å². The van der Waals surface area contributed by atoms with Crippen molar-refractivity contribution >= 4 is 0 Å². The van der Waals surface area contributed by atoms with Gasteiger partial charge in [0.05, 0.1) is 17.2 Å². The van der Waals surface area contributed by atoms with Crippen LogP contribution in [-0.4, -0.2) is 29.1 Å². The van der Waals surface area contributed by atoms with E-state index >= 15 is 0 Å². The van der Waals surface area contributed by atoms with Crippen LogP contribution in [0.4, 0.5) is 0 Å². The molecule has 1 N–H and O–H groups in total. The molecule has 2 heterocycles. The Kier molecular flexibility index (Phi) is 2.88. The van der Waals surface area contributed by atoms with Crippen LogP contribution in [0.1, 0.15) is 42.4 Å². The summed E-state index contributed by atoms with van der Waals surface area (Å²) >= 11 is 0. The second-order valence-electron chi connectivity index (χ2n) is 6.13. The minimum absolute atomic E-state index is 0.499. The molecule has 0 spiro atoms. The highest BCUT2D eigenvalue weighted by atomic mass is 16.3. The molecule has 2 fully saturated rings. The van der Waals surface area contributed by atoms with Crippen LogP contribution in [0.5, 0.6) is 0 Å². The van der Waals surface area contributed by atoms with Crippen LogP contribution >= 0.6 is 0 Å². The van der Waals surface area contributed by atoms with E-state index in [9.17, 15) is 5.11 Å². The van der Waals surface area contributed by atoms with Gasteiger partial charge in [-0.3, -0.25) is 0 Å². The lowest BCUT2D eigenvalue weighted by Crippen LogP contribution is -2.47. The van der Waals surface area contributed by atoms with Crippen molar-refractivity contribution in [3.8, 4) is 6.07 Å². The predicted molar refractivity (Wildman–Crippen MR) is 73.6 cm³/mol. The van der Waals surface area contributed by atoms with Crippen molar-refractivity contribution in [1.29, 1.82) is 5.26 Å². The van der Waals surface area contributed by atoms with Gasteiger partial charge in [-0.1, -0.05) is 6.07 Å². The summed E-state index contributed by atoms with van der Waals surface area (Å²) in [6.07, 6.45) is 4.01. The lowest BCUT2D eigenvalue weighted by atomic mass is 9.78. The van der Waals surface area contributed by atoms with E-state index in [2.05, 4.69) is 18.0 Å². The first-order valence-electron chi connectivity index (χ1n) is 6.99. The second-order valence-corrected chi connectivity index (χ2v) is 6.13. The molecule has 0 radical (unpaired) electrons. The zero-order valence-electron chi connectivity index (χ0n) is 11.6. The van der Waals surface area contributed by atoms with Crippen LogP contribution in [0.15, 0.2) is 18.2 Å². The van der Waals surface area contributed by atoms with Gasteiger partial charge in [-0.25, -0.2) is 0 Å². The molecule has 3 rings (SSSR count). The minimum atomic E-state index is -0.712. The fourth-order valence-corrected chi connectivity index (χ4v) is 3.92. The highest BCUT2D eigenvalue weighted by Crippen LogP contribution is 2.45. The molecule has 2 aliphatic heterocycles. The van der Waals surface area contributed by atoms with Gasteiger partial charge >= 0.3 is 0 Å². The molecule has 3 nitrogen and oxygen atoms in total. The molecule has 2 unspecified atom stereocenters. The molecule has 2 bridgehead atoms. The normalized spacial score (nSPS) is 34.2. The Bertz CT molecular complexity index is 532. The molecule has 100 valence electrons. The third kappa shape index (κ3) is 1.96. The molecular formula is C16H20N2O. The molecule has 0 aliphatic carbocycles. The van der Waals surface area contributed by atoms with Crippen LogP contribution < -0.4 is 0 Å². The molecule has 2 saturated heterocycles. The SMILES string of the molecule is Cc1cc(C#N)ccc1C1(O)CC2CCC(C1)N2C. The van der Waals surface area contributed by atoms with Crippen molar-refractivity contribution in [1.82, 2.24) is 4.90 Å². The van der Waals surface area contributed by atoms with Crippen molar-refractivity contribution < 1.29 is 5.11 Å². The Morgan fingerprint density at radius 3 is 2.47 bits per heavy atom. The molecular weight excluding hydrogens is 236 g/mol. The molecule has 2 atom stereocenters. The van der Waals surface area contributed by atoms with Gasteiger partial charge in [0.25, 0.3) is 0 Å². The number of hydrogen-bond acceptors (Lipinski definition) is 3. The Labute approximate surface area is 114 Å². The molecule has 19 heavy (non-hydrogen) atoms. The summed E-state index contributed by atoms with van der Waals surface area (Å²) in [7, 11) is 2.17. The third-order valence-corrected chi connectivity index (χ3v) is 4.99. The molecule has 0 saturated carbocycles. The lowest BCUT2D eigenvalue weighted by molar-refractivity contribution is -0.0497. The van der Waals surface area contributed by atoms with Gasteiger partial charge in [-0.05, 0) is 62.9 Å². The van der Waals surface area contributed by atoms with Gasteiger partial charge in [-0.2, -0.15) is 5.26 Å². The van der Waals surface area contributed by atoms with Crippen molar-refractivity contribution in [3.05, 3.63) is 34.9 Å². The summed E-state index contributed by atoms with van der Waals surface area (Å²) in [6, 6.07) is 8.80. The number of fused-ring (bicyclic) bond motifs is 2. The minimum Gasteiger partial charge on any atom is -0.385 e. The number of aliphatic hydroxyl groups is 1. The van der Waals surface area contributed by atoms with Crippen LogP contribution in [0.25, 0.3) is 0 Å². The van der Waals surface area contributed by atoms with E-state index in [4.69, 9.17) is 5.26 Å². The van der Waals surface area contributed by atoms with Gasteiger partial charge in [0.15, 0.2) is 0 Å². The molecule has 0 amide bonds. The summed E-state index contributed by atoms with van der Waals surface area (Å²) in [6.45, 7) is 1.99. The average Bonchev–Trinajstić information content (AvgIpc) is 2.62. The third-order valence-electron chi connectivity index (χ3n) is 4.99.